The van der Waals surface area contributed by atoms with Gasteiger partial charge in [0.05, 0.1) is 34.7 Å². The van der Waals surface area contributed by atoms with Crippen LogP contribution in [0, 0.1) is 24.2 Å². The molecule has 1 aromatic heterocycles. The fraction of sp³-hybridized carbons (Fsp3) is 0.654. The van der Waals surface area contributed by atoms with Gasteiger partial charge in [-0.3, -0.25) is 9.59 Å². The minimum absolute atomic E-state index is 0.156. The van der Waals surface area contributed by atoms with Crippen LogP contribution in [0.1, 0.15) is 65.1 Å². The number of hydrogen-bond acceptors (Lipinski definition) is 8. The number of carbonyl (C=O) groups excluding carboxylic acids is 2. The van der Waals surface area contributed by atoms with Gasteiger partial charge in [0.2, 0.25) is 0 Å². The molecule has 0 fully saturated rings. The lowest BCUT2D eigenvalue weighted by Crippen LogP contribution is -2.46. The lowest BCUT2D eigenvalue weighted by Gasteiger charge is -2.34. The molecule has 0 amide bonds. The average Bonchev–Trinajstić information content (AvgIpc) is 3.18. The summed E-state index contributed by atoms with van der Waals surface area (Å²) >= 11 is 1.55. The van der Waals surface area contributed by atoms with Crippen molar-refractivity contribution in [3.63, 3.8) is 0 Å². The monoisotopic (exact) mass is 492 g/mol. The molecule has 2 heterocycles. The zero-order valence-electron chi connectivity index (χ0n) is 21.4. The van der Waals surface area contributed by atoms with Crippen LogP contribution in [-0.2, 0) is 14.3 Å². The van der Waals surface area contributed by atoms with Crippen LogP contribution in [0.15, 0.2) is 22.6 Å². The smallest absolute Gasteiger partial charge is 0.309 e. The number of esters is 1. The summed E-state index contributed by atoms with van der Waals surface area (Å²) in [7, 11) is 0. The lowest BCUT2D eigenvalue weighted by atomic mass is 9.73. The van der Waals surface area contributed by atoms with Gasteiger partial charge in [-0.05, 0) is 38.3 Å². The largest absolute Gasteiger partial charge is 0.457 e. The van der Waals surface area contributed by atoms with Crippen LogP contribution >= 0.6 is 11.3 Å². The van der Waals surface area contributed by atoms with E-state index in [9.17, 15) is 19.8 Å². The Morgan fingerprint density at radius 2 is 1.94 bits per heavy atom. The van der Waals surface area contributed by atoms with Gasteiger partial charge in [0.15, 0.2) is 0 Å². The number of nitrogens with zero attached hydrogens (tertiary/aromatic N) is 1. The third-order valence-corrected chi connectivity index (χ3v) is 7.47. The molecule has 1 aliphatic heterocycles. The van der Waals surface area contributed by atoms with Crippen molar-refractivity contribution in [2.75, 3.05) is 13.1 Å². The molecule has 34 heavy (non-hydrogen) atoms. The standard InChI is InChI=1S/C26H40N2O5S/c1-15-8-9-21(16(2)10-20-14-34-19(5)28-20)33-23(30)11-22(29)26(6,7)25(32)18(4)24(31)17(3)13-27-12-15/h8,10,14,17-18,21-22,24,27,29,31H,9,11-13H2,1-7H3/t17-,18+,21?,22+,24-/m1/s1. The first-order valence-electron chi connectivity index (χ1n) is 11.9. The third-order valence-electron chi connectivity index (χ3n) is 6.68. The van der Waals surface area contributed by atoms with Gasteiger partial charge in [-0.15, -0.1) is 11.3 Å². The van der Waals surface area contributed by atoms with Crippen LogP contribution in [0.5, 0.6) is 0 Å². The Balaban J connectivity index is 2.33. The molecule has 0 bridgehead atoms. The number of Topliss-reactive ketones (excluding diaryl/α,β-unsaturated/α-hetero) is 1. The first kappa shape index (κ1) is 28.4. The molecule has 1 aromatic rings. The number of ether oxygens (including phenoxy) is 1. The van der Waals surface area contributed by atoms with Gasteiger partial charge in [-0.1, -0.05) is 39.3 Å². The number of rotatable bonds is 2. The van der Waals surface area contributed by atoms with Crippen LogP contribution in [0.2, 0.25) is 0 Å². The lowest BCUT2D eigenvalue weighted by molar-refractivity contribution is -0.154. The van der Waals surface area contributed by atoms with E-state index < -0.39 is 35.6 Å². The Hall–Kier alpha value is -1.87. The highest BCUT2D eigenvalue weighted by Gasteiger charge is 2.42. The molecule has 190 valence electrons. The van der Waals surface area contributed by atoms with Crippen molar-refractivity contribution in [2.45, 2.75) is 79.6 Å². The van der Waals surface area contributed by atoms with Crippen molar-refractivity contribution in [1.82, 2.24) is 10.3 Å². The Kier molecular flexibility index (Phi) is 10.2. The second-order valence-corrected chi connectivity index (χ2v) is 11.2. The molecular formula is C26H40N2O5S. The molecule has 0 spiro atoms. The molecule has 3 N–H and O–H groups in total. The number of aliphatic hydroxyl groups is 2. The normalized spacial score (nSPS) is 30.6. The predicted molar refractivity (Wildman–Crippen MR) is 135 cm³/mol. The van der Waals surface area contributed by atoms with E-state index in [2.05, 4.69) is 10.3 Å². The van der Waals surface area contributed by atoms with Gasteiger partial charge >= 0.3 is 5.97 Å². The number of aromatic nitrogens is 1. The number of thiazole rings is 1. The van der Waals surface area contributed by atoms with Crippen molar-refractivity contribution in [2.24, 2.45) is 17.3 Å². The summed E-state index contributed by atoms with van der Waals surface area (Å²) in [6, 6.07) is 0. The van der Waals surface area contributed by atoms with E-state index in [1.165, 1.54) is 0 Å². The predicted octanol–water partition coefficient (Wildman–Crippen LogP) is 3.69. The maximum absolute atomic E-state index is 13.1. The van der Waals surface area contributed by atoms with Crippen LogP contribution in [0.25, 0.3) is 6.08 Å². The van der Waals surface area contributed by atoms with Crippen molar-refractivity contribution in [1.29, 1.82) is 0 Å². The second kappa shape index (κ2) is 12.2. The van der Waals surface area contributed by atoms with E-state index in [4.69, 9.17) is 4.74 Å². The molecule has 1 unspecified atom stereocenters. The highest BCUT2D eigenvalue weighted by molar-refractivity contribution is 7.09. The zero-order valence-corrected chi connectivity index (χ0v) is 22.2. The first-order chi connectivity index (χ1) is 15.8. The van der Waals surface area contributed by atoms with Crippen LogP contribution in [-0.4, -0.2) is 58.4 Å². The maximum atomic E-state index is 13.1. The van der Waals surface area contributed by atoms with Gasteiger partial charge in [-0.25, -0.2) is 4.98 Å². The van der Waals surface area contributed by atoms with Crippen molar-refractivity contribution in [3.8, 4) is 0 Å². The highest BCUT2D eigenvalue weighted by atomic mass is 32.1. The summed E-state index contributed by atoms with van der Waals surface area (Å²) in [5.41, 5.74) is 1.54. The maximum Gasteiger partial charge on any atom is 0.309 e. The molecule has 5 atom stereocenters. The Bertz CT molecular complexity index is 920. The summed E-state index contributed by atoms with van der Waals surface area (Å²) in [5.74, 6) is -1.68. The summed E-state index contributed by atoms with van der Waals surface area (Å²) < 4.78 is 5.79. The summed E-state index contributed by atoms with van der Waals surface area (Å²) in [6.07, 6.45) is 1.53. The van der Waals surface area contributed by atoms with Crippen molar-refractivity contribution < 1.29 is 24.5 Å². The van der Waals surface area contributed by atoms with E-state index in [-0.39, 0.29) is 18.1 Å². The van der Waals surface area contributed by atoms with Crippen LogP contribution in [0.4, 0.5) is 0 Å². The molecule has 0 saturated heterocycles. The molecule has 7 nitrogen and oxygen atoms in total. The molecule has 1 aliphatic rings. The zero-order chi connectivity index (χ0) is 25.6. The third kappa shape index (κ3) is 7.57. The van der Waals surface area contributed by atoms with Crippen LogP contribution < -0.4 is 5.32 Å². The number of cyclic esters (lactones) is 1. The molecule has 0 aliphatic carbocycles. The molecule has 0 saturated carbocycles. The molecule has 8 heteroatoms. The molecule has 0 radical (unpaired) electrons. The number of carbonyl (C=O) groups is 2. The number of aryl methyl sites for hydroxylation is 1. The van der Waals surface area contributed by atoms with Crippen molar-refractivity contribution >= 4 is 29.2 Å². The SMILES string of the molecule is CC1=CCC(C(C)=Cc2csc(C)n2)OC(=O)C[C@H](O)C(C)(C)C(=O)[C@@H](C)[C@H](O)[C@H](C)CNC1. The van der Waals surface area contributed by atoms with Gasteiger partial charge in [0.1, 0.15) is 11.9 Å². The Morgan fingerprint density at radius 3 is 2.56 bits per heavy atom. The topological polar surface area (TPSA) is 109 Å². The van der Waals surface area contributed by atoms with Gasteiger partial charge in [-0.2, -0.15) is 0 Å². The fourth-order valence-electron chi connectivity index (χ4n) is 4.12. The number of hydrogen-bond donors (Lipinski definition) is 3. The minimum atomic E-state index is -1.23. The first-order valence-corrected chi connectivity index (χ1v) is 12.8. The Morgan fingerprint density at radius 1 is 1.26 bits per heavy atom. The number of ketones is 1. The second-order valence-electron chi connectivity index (χ2n) is 10.1. The van der Waals surface area contributed by atoms with Gasteiger partial charge in [0, 0.05) is 30.8 Å². The summed E-state index contributed by atoms with van der Waals surface area (Å²) in [5, 5.41) is 27.8. The molecule has 0 aromatic carbocycles. The quantitative estimate of drug-likeness (QED) is 0.427. The van der Waals surface area contributed by atoms with E-state index >= 15 is 0 Å². The van der Waals surface area contributed by atoms with E-state index in [0.29, 0.717) is 19.5 Å². The number of aliphatic hydroxyl groups excluding tert-OH is 2. The van der Waals surface area contributed by atoms with Gasteiger partial charge < -0.3 is 20.3 Å². The number of nitrogens with one attached hydrogen (secondary N) is 1. The minimum Gasteiger partial charge on any atom is -0.457 e. The van der Waals surface area contributed by atoms with E-state index in [0.717, 1.165) is 21.8 Å². The Labute approximate surface area is 207 Å². The van der Waals surface area contributed by atoms with Crippen molar-refractivity contribution in [3.05, 3.63) is 33.3 Å². The summed E-state index contributed by atoms with van der Waals surface area (Å²) in [4.78, 5) is 30.4. The molecule has 2 rings (SSSR count). The van der Waals surface area contributed by atoms with E-state index in [1.807, 2.05) is 45.2 Å². The fourth-order valence-corrected chi connectivity index (χ4v) is 4.69. The average molecular weight is 493 g/mol. The van der Waals surface area contributed by atoms with Crippen LogP contribution in [0.3, 0.4) is 0 Å². The summed E-state index contributed by atoms with van der Waals surface area (Å²) in [6.45, 7) is 13.8. The van der Waals surface area contributed by atoms with Gasteiger partial charge in [0.25, 0.3) is 0 Å². The van der Waals surface area contributed by atoms with E-state index in [1.54, 1.807) is 32.1 Å². The molecular weight excluding hydrogens is 452 g/mol. The highest BCUT2D eigenvalue weighted by Crippen LogP contribution is 2.31.